The molecule has 0 fully saturated rings. The molecule has 1 heterocycles. The highest BCUT2D eigenvalue weighted by atomic mass is 127. The van der Waals surface area contributed by atoms with Crippen LogP contribution in [0.4, 0.5) is 4.79 Å². The second-order valence-corrected chi connectivity index (χ2v) is 9.31. The lowest BCUT2D eigenvalue weighted by molar-refractivity contribution is 0.0211. The maximum Gasteiger partial charge on any atom is 0.410 e. The molecular formula is C15H22INO2S. The molecular weight excluding hydrogens is 385 g/mol. The van der Waals surface area contributed by atoms with Gasteiger partial charge in [0.05, 0.1) is 2.88 Å². The number of amides is 1. The second-order valence-electron chi connectivity index (χ2n) is 6.39. The maximum absolute atomic E-state index is 12.1. The van der Waals surface area contributed by atoms with Gasteiger partial charge >= 0.3 is 6.09 Å². The predicted octanol–water partition coefficient (Wildman–Crippen LogP) is 4.39. The van der Waals surface area contributed by atoms with E-state index in [1.165, 1.54) is 18.9 Å². The summed E-state index contributed by atoms with van der Waals surface area (Å²) in [4.78, 5) is 15.4. The predicted molar refractivity (Wildman–Crippen MR) is 91.6 cm³/mol. The van der Waals surface area contributed by atoms with Crippen molar-refractivity contribution < 1.29 is 9.53 Å². The van der Waals surface area contributed by atoms with Crippen molar-refractivity contribution in [1.29, 1.82) is 0 Å². The van der Waals surface area contributed by atoms with Crippen molar-refractivity contribution in [3.05, 3.63) is 18.9 Å². The van der Waals surface area contributed by atoms with Gasteiger partial charge < -0.3 is 9.64 Å². The highest BCUT2D eigenvalue weighted by molar-refractivity contribution is 14.1. The summed E-state index contributed by atoms with van der Waals surface area (Å²) in [6, 6.07) is 0.256. The average molecular weight is 407 g/mol. The van der Waals surface area contributed by atoms with Crippen LogP contribution in [0.3, 0.4) is 0 Å². The first-order valence-corrected chi connectivity index (χ1v) is 8.81. The number of hydrogen-bond donors (Lipinski definition) is 0. The average Bonchev–Trinajstić information content (AvgIpc) is 2.61. The van der Waals surface area contributed by atoms with Gasteiger partial charge in [0.15, 0.2) is 0 Å². The number of ether oxygens (including phenoxy) is 1. The van der Waals surface area contributed by atoms with E-state index in [1.54, 1.807) is 4.90 Å². The van der Waals surface area contributed by atoms with Crippen LogP contribution in [0.1, 0.15) is 43.2 Å². The summed E-state index contributed by atoms with van der Waals surface area (Å²) in [7, 11) is 1.86. The third-order valence-electron chi connectivity index (χ3n) is 3.67. The van der Waals surface area contributed by atoms with Crippen molar-refractivity contribution in [1.82, 2.24) is 4.90 Å². The lowest BCUT2D eigenvalue weighted by Crippen LogP contribution is -2.43. The molecule has 1 aliphatic rings. The van der Waals surface area contributed by atoms with E-state index in [9.17, 15) is 4.79 Å². The van der Waals surface area contributed by atoms with E-state index < -0.39 is 5.60 Å². The highest BCUT2D eigenvalue weighted by Gasteiger charge is 2.30. The number of rotatable bonds is 1. The summed E-state index contributed by atoms with van der Waals surface area (Å²) in [5.74, 6) is 0. The minimum Gasteiger partial charge on any atom is -0.444 e. The first kappa shape index (κ1) is 16.1. The van der Waals surface area contributed by atoms with E-state index >= 15 is 0 Å². The lowest BCUT2D eigenvalue weighted by atomic mass is 9.92. The van der Waals surface area contributed by atoms with Crippen molar-refractivity contribution >= 4 is 40.0 Å². The van der Waals surface area contributed by atoms with Gasteiger partial charge in [-0.15, -0.1) is 11.3 Å². The first-order valence-electron chi connectivity index (χ1n) is 6.91. The number of carbonyl (C=O) groups excluding carboxylic acids is 1. The molecule has 0 bridgehead atoms. The minimum absolute atomic E-state index is 0.214. The van der Waals surface area contributed by atoms with Gasteiger partial charge in [-0.3, -0.25) is 0 Å². The summed E-state index contributed by atoms with van der Waals surface area (Å²) >= 11 is 4.28. The topological polar surface area (TPSA) is 29.5 Å². The SMILES string of the molecule is Cc1c(I)sc2c1CCC(N(C)C(=O)OC(C)(C)C)C2. The zero-order valence-corrected chi connectivity index (χ0v) is 15.7. The van der Waals surface area contributed by atoms with Crippen LogP contribution >= 0.6 is 33.9 Å². The van der Waals surface area contributed by atoms with Crippen LogP contribution in [-0.4, -0.2) is 29.7 Å². The van der Waals surface area contributed by atoms with Crippen LogP contribution in [0, 0.1) is 9.81 Å². The molecule has 3 nitrogen and oxygen atoms in total. The third kappa shape index (κ3) is 3.47. The van der Waals surface area contributed by atoms with Crippen LogP contribution in [0.5, 0.6) is 0 Å². The Balaban J connectivity index is 2.07. The number of likely N-dealkylation sites (N-methyl/N-ethyl adjacent to an activating group) is 1. The Kier molecular flexibility index (Phi) is 4.69. The Hall–Kier alpha value is -0.300. The fourth-order valence-corrected chi connectivity index (χ4v) is 4.78. The normalized spacial score (nSPS) is 18.6. The largest absolute Gasteiger partial charge is 0.444 e. The van der Waals surface area contributed by atoms with Gasteiger partial charge in [-0.25, -0.2) is 4.79 Å². The molecule has 1 amide bonds. The summed E-state index contributed by atoms with van der Waals surface area (Å²) in [6.45, 7) is 7.92. The Labute approximate surface area is 138 Å². The van der Waals surface area contributed by atoms with Gasteiger partial charge in [0, 0.05) is 24.4 Å². The summed E-state index contributed by atoms with van der Waals surface area (Å²) in [6.07, 6.45) is 2.84. The molecule has 20 heavy (non-hydrogen) atoms. The molecule has 5 heteroatoms. The van der Waals surface area contributed by atoms with Crippen LogP contribution in [-0.2, 0) is 17.6 Å². The maximum atomic E-state index is 12.1. The van der Waals surface area contributed by atoms with Crippen LogP contribution in [0.25, 0.3) is 0 Å². The Bertz CT molecular complexity index is 519. The molecule has 1 unspecified atom stereocenters. The number of hydrogen-bond acceptors (Lipinski definition) is 3. The van der Waals surface area contributed by atoms with E-state index in [-0.39, 0.29) is 12.1 Å². The molecule has 1 aromatic rings. The van der Waals surface area contributed by atoms with Crippen molar-refractivity contribution in [2.45, 2.75) is 58.6 Å². The molecule has 1 atom stereocenters. The molecule has 0 saturated heterocycles. The van der Waals surface area contributed by atoms with E-state index in [1.807, 2.05) is 39.2 Å². The van der Waals surface area contributed by atoms with Gasteiger partial charge in [0.2, 0.25) is 0 Å². The molecule has 1 aliphatic carbocycles. The van der Waals surface area contributed by atoms with E-state index in [2.05, 4.69) is 29.5 Å². The number of nitrogens with zero attached hydrogens (tertiary/aromatic N) is 1. The van der Waals surface area contributed by atoms with E-state index in [0.717, 1.165) is 19.3 Å². The summed E-state index contributed by atoms with van der Waals surface area (Å²) < 4.78 is 6.84. The first-order chi connectivity index (χ1) is 9.19. The second kappa shape index (κ2) is 5.83. The Morgan fingerprint density at radius 1 is 1.45 bits per heavy atom. The van der Waals surface area contributed by atoms with Crippen molar-refractivity contribution in [3.63, 3.8) is 0 Å². The zero-order valence-electron chi connectivity index (χ0n) is 12.7. The minimum atomic E-state index is -0.430. The third-order valence-corrected chi connectivity index (χ3v) is 6.29. The fourth-order valence-electron chi connectivity index (χ4n) is 2.51. The van der Waals surface area contributed by atoms with Crippen LogP contribution in [0.15, 0.2) is 0 Å². The number of carbonyl (C=O) groups is 1. The van der Waals surface area contributed by atoms with Crippen molar-refractivity contribution in [2.24, 2.45) is 0 Å². The number of fused-ring (bicyclic) bond motifs is 1. The van der Waals surface area contributed by atoms with E-state index in [0.29, 0.717) is 0 Å². The number of halogens is 1. The molecule has 0 saturated carbocycles. The van der Waals surface area contributed by atoms with Gasteiger partial charge in [-0.1, -0.05) is 0 Å². The lowest BCUT2D eigenvalue weighted by Gasteiger charge is -2.33. The monoisotopic (exact) mass is 407 g/mol. The molecule has 2 rings (SSSR count). The van der Waals surface area contributed by atoms with Gasteiger partial charge in [-0.05, 0) is 74.3 Å². The van der Waals surface area contributed by atoms with Crippen molar-refractivity contribution in [2.75, 3.05) is 7.05 Å². The molecule has 112 valence electrons. The molecule has 0 aliphatic heterocycles. The van der Waals surface area contributed by atoms with Crippen LogP contribution in [0.2, 0.25) is 0 Å². The van der Waals surface area contributed by atoms with Gasteiger partial charge in [-0.2, -0.15) is 0 Å². The molecule has 0 radical (unpaired) electrons. The molecule has 0 aromatic carbocycles. The smallest absolute Gasteiger partial charge is 0.410 e. The number of thiophene rings is 1. The van der Waals surface area contributed by atoms with Gasteiger partial charge in [0.25, 0.3) is 0 Å². The summed E-state index contributed by atoms with van der Waals surface area (Å²) in [5, 5.41) is 0. The molecule has 0 N–H and O–H groups in total. The van der Waals surface area contributed by atoms with Gasteiger partial charge in [0.1, 0.15) is 5.60 Å². The van der Waals surface area contributed by atoms with E-state index in [4.69, 9.17) is 4.74 Å². The van der Waals surface area contributed by atoms with Crippen molar-refractivity contribution in [3.8, 4) is 0 Å². The standard InChI is InChI=1S/C15H22INO2S/c1-9-11-7-6-10(8-12(11)20-13(9)16)17(5)14(18)19-15(2,3)4/h10H,6-8H2,1-5H3. The highest BCUT2D eigenvalue weighted by Crippen LogP contribution is 2.35. The fraction of sp³-hybridized carbons (Fsp3) is 0.667. The molecule has 0 spiro atoms. The quantitative estimate of drug-likeness (QED) is 0.647. The Morgan fingerprint density at radius 3 is 2.70 bits per heavy atom. The molecule has 1 aromatic heterocycles. The zero-order chi connectivity index (χ0) is 15.1. The summed E-state index contributed by atoms with van der Waals surface area (Å²) in [5.41, 5.74) is 2.51. The Morgan fingerprint density at radius 2 is 2.10 bits per heavy atom. The van der Waals surface area contributed by atoms with Crippen LogP contribution < -0.4 is 0 Å².